The summed E-state index contributed by atoms with van der Waals surface area (Å²) in [5.74, 6) is 0.953. The quantitative estimate of drug-likeness (QED) is 0.894. The number of aryl methyl sites for hydroxylation is 1. The molecule has 1 aromatic heterocycles. The minimum atomic E-state index is 0.471. The lowest BCUT2D eigenvalue weighted by atomic mass is 10.2. The number of nitrogens with zero attached hydrogens (tertiary/aromatic N) is 2. The van der Waals surface area contributed by atoms with Crippen LogP contribution in [-0.2, 0) is 6.54 Å². The maximum Gasteiger partial charge on any atom is 0.133 e. The highest BCUT2D eigenvalue weighted by atomic mass is 15.2. The third-order valence-corrected chi connectivity index (χ3v) is 3.00. The van der Waals surface area contributed by atoms with E-state index in [0.29, 0.717) is 6.54 Å². The molecule has 1 heterocycles. The second-order valence-corrected chi connectivity index (χ2v) is 4.22. The molecule has 1 aromatic carbocycles. The van der Waals surface area contributed by atoms with Crippen LogP contribution in [-0.4, -0.2) is 11.5 Å². The van der Waals surface area contributed by atoms with Crippen LogP contribution in [0.2, 0.25) is 0 Å². The maximum absolute atomic E-state index is 5.65. The number of rotatable bonds is 4. The molecule has 3 nitrogen and oxygen atoms in total. The van der Waals surface area contributed by atoms with E-state index in [0.717, 1.165) is 18.1 Å². The fourth-order valence-corrected chi connectivity index (χ4v) is 2.05. The van der Waals surface area contributed by atoms with Crippen molar-refractivity contribution < 1.29 is 0 Å². The average molecular weight is 241 g/mol. The fraction of sp³-hybridized carbons (Fsp3) is 0.267. The molecular weight excluding hydrogens is 222 g/mol. The van der Waals surface area contributed by atoms with E-state index in [1.54, 1.807) is 0 Å². The van der Waals surface area contributed by atoms with Gasteiger partial charge < -0.3 is 10.6 Å². The topological polar surface area (TPSA) is 42.1 Å². The first-order chi connectivity index (χ1) is 8.76. The number of hydrogen-bond donors (Lipinski definition) is 1. The number of anilines is 2. The molecule has 2 rings (SSSR count). The molecule has 0 amide bonds. The molecule has 0 bridgehead atoms. The maximum atomic E-state index is 5.65. The summed E-state index contributed by atoms with van der Waals surface area (Å²) in [6, 6.07) is 14.3. The molecular formula is C15H19N3. The molecule has 3 heteroatoms. The van der Waals surface area contributed by atoms with Gasteiger partial charge in [-0.2, -0.15) is 0 Å². The van der Waals surface area contributed by atoms with Gasteiger partial charge in [-0.25, -0.2) is 4.98 Å². The standard InChI is InChI=1S/C15H19N3/c1-3-18(14-9-5-4-7-12(14)2)15-10-6-8-13(11-16)17-15/h4-10H,3,11,16H2,1-2H3. The second-order valence-electron chi connectivity index (χ2n) is 4.22. The summed E-state index contributed by atoms with van der Waals surface area (Å²) in [6.45, 7) is 5.60. The van der Waals surface area contributed by atoms with Gasteiger partial charge in [0.15, 0.2) is 0 Å². The Balaban J connectivity index is 2.42. The van der Waals surface area contributed by atoms with E-state index >= 15 is 0 Å². The molecule has 0 saturated heterocycles. The summed E-state index contributed by atoms with van der Waals surface area (Å²) >= 11 is 0. The number of pyridine rings is 1. The molecule has 2 N–H and O–H groups in total. The van der Waals surface area contributed by atoms with E-state index in [1.807, 2.05) is 18.2 Å². The number of nitrogens with two attached hydrogens (primary N) is 1. The van der Waals surface area contributed by atoms with Crippen LogP contribution in [0.3, 0.4) is 0 Å². The van der Waals surface area contributed by atoms with Crippen LogP contribution < -0.4 is 10.6 Å². The fourth-order valence-electron chi connectivity index (χ4n) is 2.05. The number of benzene rings is 1. The summed E-state index contributed by atoms with van der Waals surface area (Å²) < 4.78 is 0. The van der Waals surface area contributed by atoms with Crippen LogP contribution in [0.5, 0.6) is 0 Å². The van der Waals surface area contributed by atoms with Crippen molar-refractivity contribution in [1.29, 1.82) is 0 Å². The number of para-hydroxylation sites is 1. The minimum Gasteiger partial charge on any atom is -0.326 e. The van der Waals surface area contributed by atoms with Crippen LogP contribution >= 0.6 is 0 Å². The van der Waals surface area contributed by atoms with Crippen molar-refractivity contribution in [2.24, 2.45) is 5.73 Å². The first kappa shape index (κ1) is 12.6. The lowest BCUT2D eigenvalue weighted by Crippen LogP contribution is -2.19. The zero-order valence-corrected chi connectivity index (χ0v) is 10.9. The molecule has 2 aromatic rings. The third kappa shape index (κ3) is 2.51. The Bertz CT molecular complexity index is 523. The van der Waals surface area contributed by atoms with Gasteiger partial charge in [0.2, 0.25) is 0 Å². The van der Waals surface area contributed by atoms with E-state index in [2.05, 4.69) is 48.0 Å². The summed E-state index contributed by atoms with van der Waals surface area (Å²) in [6.07, 6.45) is 0. The summed E-state index contributed by atoms with van der Waals surface area (Å²) in [5, 5.41) is 0. The van der Waals surface area contributed by atoms with E-state index in [1.165, 1.54) is 11.3 Å². The Labute approximate surface area is 108 Å². The lowest BCUT2D eigenvalue weighted by Gasteiger charge is -2.24. The van der Waals surface area contributed by atoms with Crippen LogP contribution in [0.15, 0.2) is 42.5 Å². The SMILES string of the molecule is CCN(c1cccc(CN)n1)c1ccccc1C. The summed E-state index contributed by atoms with van der Waals surface area (Å²) in [7, 11) is 0. The van der Waals surface area contributed by atoms with Gasteiger partial charge >= 0.3 is 0 Å². The summed E-state index contributed by atoms with van der Waals surface area (Å²) in [4.78, 5) is 6.78. The van der Waals surface area contributed by atoms with Crippen molar-refractivity contribution in [3.63, 3.8) is 0 Å². The predicted molar refractivity (Wildman–Crippen MR) is 76.0 cm³/mol. The highest BCUT2D eigenvalue weighted by molar-refractivity contribution is 5.63. The first-order valence-corrected chi connectivity index (χ1v) is 6.25. The Morgan fingerprint density at radius 1 is 1.11 bits per heavy atom. The molecule has 0 aliphatic heterocycles. The van der Waals surface area contributed by atoms with Crippen molar-refractivity contribution in [1.82, 2.24) is 4.98 Å². The normalized spacial score (nSPS) is 10.4. The number of hydrogen-bond acceptors (Lipinski definition) is 3. The monoisotopic (exact) mass is 241 g/mol. The molecule has 0 atom stereocenters. The van der Waals surface area contributed by atoms with Gasteiger partial charge in [0.05, 0.1) is 5.69 Å². The third-order valence-electron chi connectivity index (χ3n) is 3.00. The van der Waals surface area contributed by atoms with Crippen LogP contribution in [0.25, 0.3) is 0 Å². The van der Waals surface area contributed by atoms with Gasteiger partial charge in [0.25, 0.3) is 0 Å². The van der Waals surface area contributed by atoms with Crippen LogP contribution in [0.4, 0.5) is 11.5 Å². The number of aromatic nitrogens is 1. The van der Waals surface area contributed by atoms with Crippen molar-refractivity contribution in [2.45, 2.75) is 20.4 Å². The Morgan fingerprint density at radius 2 is 1.89 bits per heavy atom. The van der Waals surface area contributed by atoms with Crippen LogP contribution in [0, 0.1) is 6.92 Å². The lowest BCUT2D eigenvalue weighted by molar-refractivity contribution is 0.936. The molecule has 0 saturated carbocycles. The molecule has 0 spiro atoms. The Kier molecular flexibility index (Phi) is 3.95. The van der Waals surface area contributed by atoms with E-state index in [4.69, 9.17) is 5.73 Å². The smallest absolute Gasteiger partial charge is 0.133 e. The van der Waals surface area contributed by atoms with Crippen molar-refractivity contribution in [3.8, 4) is 0 Å². The van der Waals surface area contributed by atoms with E-state index < -0.39 is 0 Å². The van der Waals surface area contributed by atoms with Gasteiger partial charge in [-0.05, 0) is 37.6 Å². The second kappa shape index (κ2) is 5.65. The minimum absolute atomic E-state index is 0.471. The van der Waals surface area contributed by atoms with Crippen molar-refractivity contribution >= 4 is 11.5 Å². The average Bonchev–Trinajstić information content (AvgIpc) is 2.42. The molecule has 0 aliphatic rings. The molecule has 94 valence electrons. The van der Waals surface area contributed by atoms with Crippen LogP contribution in [0.1, 0.15) is 18.2 Å². The highest BCUT2D eigenvalue weighted by Crippen LogP contribution is 2.26. The Hall–Kier alpha value is -1.87. The van der Waals surface area contributed by atoms with Gasteiger partial charge in [0, 0.05) is 18.8 Å². The molecule has 18 heavy (non-hydrogen) atoms. The van der Waals surface area contributed by atoms with Gasteiger partial charge in [-0.15, -0.1) is 0 Å². The Morgan fingerprint density at radius 3 is 2.56 bits per heavy atom. The van der Waals surface area contributed by atoms with Gasteiger partial charge in [-0.1, -0.05) is 24.3 Å². The largest absolute Gasteiger partial charge is 0.326 e. The molecule has 0 fully saturated rings. The molecule has 0 aliphatic carbocycles. The summed E-state index contributed by atoms with van der Waals surface area (Å²) in [5.41, 5.74) is 9.01. The van der Waals surface area contributed by atoms with E-state index in [-0.39, 0.29) is 0 Å². The zero-order valence-electron chi connectivity index (χ0n) is 10.9. The van der Waals surface area contributed by atoms with Gasteiger partial charge in [-0.3, -0.25) is 0 Å². The van der Waals surface area contributed by atoms with Crippen molar-refractivity contribution in [2.75, 3.05) is 11.4 Å². The van der Waals surface area contributed by atoms with E-state index in [9.17, 15) is 0 Å². The zero-order chi connectivity index (χ0) is 13.0. The predicted octanol–water partition coefficient (Wildman–Crippen LogP) is 3.01. The highest BCUT2D eigenvalue weighted by Gasteiger charge is 2.10. The molecule has 0 unspecified atom stereocenters. The molecule has 0 radical (unpaired) electrons. The first-order valence-electron chi connectivity index (χ1n) is 6.25. The van der Waals surface area contributed by atoms with Crippen molar-refractivity contribution in [3.05, 3.63) is 53.7 Å². The van der Waals surface area contributed by atoms with Gasteiger partial charge in [0.1, 0.15) is 5.82 Å².